The molecule has 2 aromatic rings. The molecule has 0 aliphatic carbocycles. The largest absolute Gasteiger partial charge is 0.493 e. The second-order valence-electron chi connectivity index (χ2n) is 4.49. The number of benzene rings is 1. The van der Waals surface area contributed by atoms with Crippen LogP contribution in [0.25, 0.3) is 0 Å². The number of carbonyl (C=O) groups excluding carboxylic acids is 1. The maximum atomic E-state index is 11.4. The molecule has 5 nitrogen and oxygen atoms in total. The predicted molar refractivity (Wildman–Crippen MR) is 85.0 cm³/mol. The van der Waals surface area contributed by atoms with Gasteiger partial charge in [-0.3, -0.25) is 9.78 Å². The number of carbonyl (C=O) groups is 1. The van der Waals surface area contributed by atoms with Gasteiger partial charge < -0.3 is 14.2 Å². The second-order valence-corrected chi connectivity index (χ2v) is 5.35. The SMILES string of the molecule is COC(=O)Cc1cc(OC)c(OCc2ccncc2)cc1Br. The molecule has 0 unspecified atom stereocenters. The average molecular weight is 366 g/mol. The number of nitrogens with zero attached hydrogens (tertiary/aromatic N) is 1. The average Bonchev–Trinajstić information content (AvgIpc) is 2.55. The van der Waals surface area contributed by atoms with E-state index in [1.165, 1.54) is 7.11 Å². The molecule has 2 rings (SSSR count). The van der Waals surface area contributed by atoms with Crippen molar-refractivity contribution >= 4 is 21.9 Å². The number of methoxy groups -OCH3 is 2. The first kappa shape index (κ1) is 16.3. The summed E-state index contributed by atoms with van der Waals surface area (Å²) in [7, 11) is 2.92. The van der Waals surface area contributed by atoms with Crippen LogP contribution in [0.3, 0.4) is 0 Å². The number of aromatic nitrogens is 1. The molecule has 1 heterocycles. The molecule has 22 heavy (non-hydrogen) atoms. The number of ether oxygens (including phenoxy) is 3. The Balaban J connectivity index is 2.17. The summed E-state index contributed by atoms with van der Waals surface area (Å²) in [6.07, 6.45) is 3.59. The normalized spacial score (nSPS) is 10.1. The van der Waals surface area contributed by atoms with Crippen molar-refractivity contribution in [2.24, 2.45) is 0 Å². The zero-order valence-electron chi connectivity index (χ0n) is 12.3. The molecule has 116 valence electrons. The number of halogens is 1. The Labute approximate surface area is 137 Å². The van der Waals surface area contributed by atoms with E-state index >= 15 is 0 Å². The van der Waals surface area contributed by atoms with Gasteiger partial charge in [0.25, 0.3) is 0 Å². The third kappa shape index (κ3) is 4.21. The number of hydrogen-bond donors (Lipinski definition) is 0. The van der Waals surface area contributed by atoms with Crippen molar-refractivity contribution in [3.63, 3.8) is 0 Å². The van der Waals surface area contributed by atoms with Crippen molar-refractivity contribution in [3.05, 3.63) is 52.3 Å². The smallest absolute Gasteiger partial charge is 0.310 e. The maximum absolute atomic E-state index is 11.4. The lowest BCUT2D eigenvalue weighted by Crippen LogP contribution is -2.06. The third-order valence-electron chi connectivity index (χ3n) is 3.04. The van der Waals surface area contributed by atoms with Gasteiger partial charge in [0.1, 0.15) is 6.61 Å². The molecular weight excluding hydrogens is 350 g/mol. The van der Waals surface area contributed by atoms with E-state index in [1.807, 2.05) is 12.1 Å². The summed E-state index contributed by atoms with van der Waals surface area (Å²) in [5.41, 5.74) is 1.78. The summed E-state index contributed by atoms with van der Waals surface area (Å²) in [6.45, 7) is 0.404. The van der Waals surface area contributed by atoms with Crippen molar-refractivity contribution in [1.29, 1.82) is 0 Å². The zero-order valence-corrected chi connectivity index (χ0v) is 13.9. The van der Waals surface area contributed by atoms with Crippen molar-refractivity contribution < 1.29 is 19.0 Å². The van der Waals surface area contributed by atoms with Crippen molar-refractivity contribution in [2.75, 3.05) is 14.2 Å². The Morgan fingerprint density at radius 2 is 1.91 bits per heavy atom. The van der Waals surface area contributed by atoms with Gasteiger partial charge >= 0.3 is 5.97 Å². The molecule has 0 amide bonds. The highest BCUT2D eigenvalue weighted by Gasteiger charge is 2.13. The van der Waals surface area contributed by atoms with Gasteiger partial charge in [-0.1, -0.05) is 15.9 Å². The van der Waals surface area contributed by atoms with Gasteiger partial charge in [-0.2, -0.15) is 0 Å². The van der Waals surface area contributed by atoms with Gasteiger partial charge in [0, 0.05) is 16.9 Å². The van der Waals surface area contributed by atoms with Crippen LogP contribution in [0.15, 0.2) is 41.1 Å². The Hall–Kier alpha value is -2.08. The lowest BCUT2D eigenvalue weighted by atomic mass is 10.1. The van der Waals surface area contributed by atoms with Crippen molar-refractivity contribution in [3.8, 4) is 11.5 Å². The Morgan fingerprint density at radius 3 is 2.55 bits per heavy atom. The van der Waals surface area contributed by atoms with Crippen LogP contribution in [-0.4, -0.2) is 25.2 Å². The van der Waals surface area contributed by atoms with Gasteiger partial charge in [-0.25, -0.2) is 0 Å². The van der Waals surface area contributed by atoms with Crippen LogP contribution in [0.1, 0.15) is 11.1 Å². The minimum atomic E-state index is -0.312. The van der Waals surface area contributed by atoms with Crippen LogP contribution in [-0.2, 0) is 22.6 Å². The second kappa shape index (κ2) is 7.79. The van der Waals surface area contributed by atoms with E-state index in [1.54, 1.807) is 31.6 Å². The lowest BCUT2D eigenvalue weighted by Gasteiger charge is -2.13. The molecule has 0 bridgehead atoms. The lowest BCUT2D eigenvalue weighted by molar-refractivity contribution is -0.139. The molecule has 0 fully saturated rings. The summed E-state index contributed by atoms with van der Waals surface area (Å²) < 4.78 is 16.6. The zero-order chi connectivity index (χ0) is 15.9. The highest BCUT2D eigenvalue weighted by molar-refractivity contribution is 9.10. The van der Waals surface area contributed by atoms with E-state index in [9.17, 15) is 4.79 Å². The topological polar surface area (TPSA) is 57.7 Å². The maximum Gasteiger partial charge on any atom is 0.310 e. The van der Waals surface area contributed by atoms with Crippen LogP contribution in [0, 0.1) is 0 Å². The van der Waals surface area contributed by atoms with Gasteiger partial charge in [0.2, 0.25) is 0 Å². The van der Waals surface area contributed by atoms with Gasteiger partial charge in [-0.05, 0) is 35.4 Å². The number of esters is 1. The fourth-order valence-corrected chi connectivity index (χ4v) is 2.32. The molecule has 0 saturated carbocycles. The standard InChI is InChI=1S/C16H16BrNO4/c1-20-14-7-12(8-16(19)21-2)13(17)9-15(14)22-10-11-3-5-18-6-4-11/h3-7,9H,8,10H2,1-2H3. The molecule has 0 radical (unpaired) electrons. The number of hydrogen-bond acceptors (Lipinski definition) is 5. The first-order valence-corrected chi connectivity index (χ1v) is 7.38. The van der Waals surface area contributed by atoms with E-state index in [0.29, 0.717) is 18.1 Å². The highest BCUT2D eigenvalue weighted by Crippen LogP contribution is 2.34. The Kier molecular flexibility index (Phi) is 5.77. The fraction of sp³-hybridized carbons (Fsp3) is 0.250. The van der Waals surface area contributed by atoms with E-state index in [0.717, 1.165) is 15.6 Å². The summed E-state index contributed by atoms with van der Waals surface area (Å²) >= 11 is 3.44. The molecule has 1 aromatic carbocycles. The van der Waals surface area contributed by atoms with Gasteiger partial charge in [-0.15, -0.1) is 0 Å². The minimum Gasteiger partial charge on any atom is -0.493 e. The first-order chi connectivity index (χ1) is 10.6. The van der Waals surface area contributed by atoms with Gasteiger partial charge in [0.15, 0.2) is 11.5 Å². The number of pyridine rings is 1. The van der Waals surface area contributed by atoms with Crippen LogP contribution >= 0.6 is 15.9 Å². The minimum absolute atomic E-state index is 0.165. The van der Waals surface area contributed by atoms with E-state index in [4.69, 9.17) is 9.47 Å². The van der Waals surface area contributed by atoms with E-state index in [-0.39, 0.29) is 12.4 Å². The molecule has 0 aliphatic rings. The molecule has 0 atom stereocenters. The molecule has 0 aliphatic heterocycles. The molecule has 6 heteroatoms. The number of rotatable bonds is 6. The molecule has 0 N–H and O–H groups in total. The van der Waals surface area contributed by atoms with Gasteiger partial charge in [0.05, 0.1) is 20.6 Å². The molecule has 1 aromatic heterocycles. The van der Waals surface area contributed by atoms with Crippen LogP contribution in [0.5, 0.6) is 11.5 Å². The quantitative estimate of drug-likeness (QED) is 0.736. The van der Waals surface area contributed by atoms with Crippen LogP contribution < -0.4 is 9.47 Å². The molecule has 0 saturated heterocycles. The first-order valence-electron chi connectivity index (χ1n) is 6.59. The predicted octanol–water partition coefficient (Wildman–Crippen LogP) is 3.15. The Morgan fingerprint density at radius 1 is 1.18 bits per heavy atom. The van der Waals surface area contributed by atoms with Crippen molar-refractivity contribution in [2.45, 2.75) is 13.0 Å². The summed E-state index contributed by atoms with van der Waals surface area (Å²) in [5, 5.41) is 0. The third-order valence-corrected chi connectivity index (χ3v) is 3.78. The van der Waals surface area contributed by atoms with E-state index in [2.05, 4.69) is 25.7 Å². The van der Waals surface area contributed by atoms with Crippen molar-refractivity contribution in [1.82, 2.24) is 4.98 Å². The highest BCUT2D eigenvalue weighted by atomic mass is 79.9. The van der Waals surface area contributed by atoms with Crippen LogP contribution in [0.4, 0.5) is 0 Å². The van der Waals surface area contributed by atoms with E-state index < -0.39 is 0 Å². The Bertz CT molecular complexity index is 646. The summed E-state index contributed by atoms with van der Waals surface area (Å²) in [4.78, 5) is 15.4. The summed E-state index contributed by atoms with van der Waals surface area (Å²) in [6, 6.07) is 7.32. The molecule has 0 spiro atoms. The van der Waals surface area contributed by atoms with Crippen LogP contribution in [0.2, 0.25) is 0 Å². The molecular formula is C16H16BrNO4. The summed E-state index contributed by atoms with van der Waals surface area (Å²) in [5.74, 6) is 0.851. The monoisotopic (exact) mass is 365 g/mol. The fourth-order valence-electron chi connectivity index (χ4n) is 1.85.